The number of methoxy groups -OCH3 is 2. The van der Waals surface area contributed by atoms with E-state index >= 15 is 0 Å². The van der Waals surface area contributed by atoms with Crippen LogP contribution in [0.15, 0.2) is 34.4 Å². The third-order valence-corrected chi connectivity index (χ3v) is 4.91. The molecular formula is C20H21N5O3. The number of nitrogens with one attached hydrogen (secondary N) is 1. The molecule has 0 aliphatic carbocycles. The summed E-state index contributed by atoms with van der Waals surface area (Å²) in [4.78, 5) is 28.2. The predicted molar refractivity (Wildman–Crippen MR) is 106 cm³/mol. The molecule has 0 atom stereocenters. The first kappa shape index (κ1) is 18.0. The first-order chi connectivity index (χ1) is 13.5. The Bertz CT molecular complexity index is 1030. The number of amidine groups is 1. The van der Waals surface area contributed by atoms with Crippen molar-refractivity contribution < 1.29 is 14.3 Å². The van der Waals surface area contributed by atoms with E-state index in [0.29, 0.717) is 47.5 Å². The second-order valence-corrected chi connectivity index (χ2v) is 6.52. The average Bonchev–Trinajstić information content (AvgIpc) is 3.18. The second-order valence-electron chi connectivity index (χ2n) is 6.52. The van der Waals surface area contributed by atoms with Crippen molar-refractivity contribution in [2.24, 2.45) is 9.98 Å². The summed E-state index contributed by atoms with van der Waals surface area (Å²) in [5.74, 6) is 2.23. The highest BCUT2D eigenvalue weighted by Gasteiger charge is 2.34. The van der Waals surface area contributed by atoms with Crippen molar-refractivity contribution in [1.82, 2.24) is 15.2 Å². The van der Waals surface area contributed by atoms with E-state index in [0.717, 1.165) is 17.0 Å². The summed E-state index contributed by atoms with van der Waals surface area (Å²) < 4.78 is 11.1. The van der Waals surface area contributed by atoms with Gasteiger partial charge in [0, 0.05) is 24.0 Å². The van der Waals surface area contributed by atoms with Gasteiger partial charge in [-0.2, -0.15) is 0 Å². The van der Waals surface area contributed by atoms with Gasteiger partial charge in [0.15, 0.2) is 5.75 Å². The Hall–Kier alpha value is -3.42. The number of amides is 1. The van der Waals surface area contributed by atoms with Crippen LogP contribution in [-0.4, -0.2) is 54.9 Å². The third kappa shape index (κ3) is 2.77. The Morgan fingerprint density at radius 1 is 1.25 bits per heavy atom. The smallest absolute Gasteiger partial charge is 0.259 e. The summed E-state index contributed by atoms with van der Waals surface area (Å²) in [6.07, 6.45) is 1.66. The number of hydrogen-bond acceptors (Lipinski definition) is 7. The average molecular weight is 379 g/mol. The molecule has 0 saturated heterocycles. The van der Waals surface area contributed by atoms with E-state index < -0.39 is 0 Å². The number of hydrogen-bond donors (Lipinski definition) is 1. The van der Waals surface area contributed by atoms with E-state index in [1.54, 1.807) is 39.5 Å². The molecule has 8 nitrogen and oxygen atoms in total. The van der Waals surface area contributed by atoms with Gasteiger partial charge in [0.05, 0.1) is 31.9 Å². The summed E-state index contributed by atoms with van der Waals surface area (Å²) in [5, 5.41) is 2.92. The first-order valence-corrected chi connectivity index (χ1v) is 8.94. The van der Waals surface area contributed by atoms with Crippen LogP contribution in [0.2, 0.25) is 0 Å². The molecule has 0 radical (unpaired) electrons. The molecular weight excluding hydrogens is 358 g/mol. The fraction of sp³-hybridized carbons (Fsp3) is 0.300. The van der Waals surface area contributed by atoms with Gasteiger partial charge < -0.3 is 9.47 Å². The zero-order valence-corrected chi connectivity index (χ0v) is 16.2. The SMILES string of the molecule is COc1cc2c(c(OC)c1C)N=C(NC(=O)c1cccnc1C)N1CCN=C21. The number of fused-ring (bicyclic) bond motifs is 3. The predicted octanol–water partition coefficient (Wildman–Crippen LogP) is 2.21. The minimum Gasteiger partial charge on any atom is -0.496 e. The molecule has 8 heteroatoms. The zero-order valence-electron chi connectivity index (χ0n) is 16.2. The number of ether oxygens (including phenoxy) is 2. The van der Waals surface area contributed by atoms with Crippen LogP contribution in [0.3, 0.4) is 0 Å². The Balaban J connectivity index is 1.80. The molecule has 0 spiro atoms. The van der Waals surface area contributed by atoms with Crippen molar-refractivity contribution in [3.63, 3.8) is 0 Å². The molecule has 0 unspecified atom stereocenters. The van der Waals surface area contributed by atoms with Crippen LogP contribution >= 0.6 is 0 Å². The molecule has 3 heterocycles. The molecule has 2 aliphatic rings. The van der Waals surface area contributed by atoms with Crippen LogP contribution in [0.5, 0.6) is 11.5 Å². The number of aliphatic imine (C=N–C) groups is 2. The summed E-state index contributed by atoms with van der Waals surface area (Å²) in [7, 11) is 3.22. The Labute approximate surface area is 162 Å². The molecule has 0 saturated carbocycles. The molecule has 1 aromatic heterocycles. The lowest BCUT2D eigenvalue weighted by Gasteiger charge is -2.29. The lowest BCUT2D eigenvalue weighted by atomic mass is 10.0. The molecule has 2 aliphatic heterocycles. The number of aromatic nitrogens is 1. The summed E-state index contributed by atoms with van der Waals surface area (Å²) in [6.45, 7) is 4.97. The summed E-state index contributed by atoms with van der Waals surface area (Å²) in [5.41, 5.74) is 3.47. The van der Waals surface area contributed by atoms with Crippen molar-refractivity contribution in [2.45, 2.75) is 13.8 Å². The third-order valence-electron chi connectivity index (χ3n) is 4.91. The van der Waals surface area contributed by atoms with E-state index in [9.17, 15) is 4.79 Å². The molecule has 1 aromatic carbocycles. The molecule has 144 valence electrons. The quantitative estimate of drug-likeness (QED) is 0.883. The van der Waals surface area contributed by atoms with E-state index in [4.69, 9.17) is 14.5 Å². The molecule has 4 rings (SSSR count). The van der Waals surface area contributed by atoms with Gasteiger partial charge in [-0.05, 0) is 32.0 Å². The van der Waals surface area contributed by atoms with Crippen molar-refractivity contribution in [1.29, 1.82) is 0 Å². The van der Waals surface area contributed by atoms with Gasteiger partial charge in [0.25, 0.3) is 5.91 Å². The molecule has 1 N–H and O–H groups in total. The highest BCUT2D eigenvalue weighted by molar-refractivity contribution is 6.20. The van der Waals surface area contributed by atoms with Crippen molar-refractivity contribution in [3.8, 4) is 11.5 Å². The van der Waals surface area contributed by atoms with Crippen LogP contribution in [0.1, 0.15) is 27.2 Å². The van der Waals surface area contributed by atoms with Crippen LogP contribution in [-0.2, 0) is 0 Å². The minimum absolute atomic E-state index is 0.261. The molecule has 0 bridgehead atoms. The fourth-order valence-electron chi connectivity index (χ4n) is 3.50. The van der Waals surface area contributed by atoms with E-state index in [-0.39, 0.29) is 5.91 Å². The largest absolute Gasteiger partial charge is 0.496 e. The van der Waals surface area contributed by atoms with Crippen LogP contribution in [0.25, 0.3) is 0 Å². The lowest BCUT2D eigenvalue weighted by molar-refractivity contribution is 0.0973. The summed E-state index contributed by atoms with van der Waals surface area (Å²) in [6, 6.07) is 5.39. The lowest BCUT2D eigenvalue weighted by Crippen LogP contribution is -2.47. The topological polar surface area (TPSA) is 88.4 Å². The number of aryl methyl sites for hydroxylation is 1. The maximum Gasteiger partial charge on any atom is 0.259 e. The van der Waals surface area contributed by atoms with E-state index in [1.165, 1.54) is 0 Å². The second kappa shape index (κ2) is 6.95. The van der Waals surface area contributed by atoms with Crippen LogP contribution in [0.4, 0.5) is 5.69 Å². The minimum atomic E-state index is -0.261. The Morgan fingerprint density at radius 3 is 2.79 bits per heavy atom. The van der Waals surface area contributed by atoms with Crippen molar-refractivity contribution in [2.75, 3.05) is 27.3 Å². The number of pyridine rings is 1. The molecule has 28 heavy (non-hydrogen) atoms. The Kier molecular flexibility index (Phi) is 4.46. The van der Waals surface area contributed by atoms with Crippen LogP contribution in [0, 0.1) is 13.8 Å². The number of benzene rings is 1. The van der Waals surface area contributed by atoms with E-state index in [2.05, 4.69) is 15.3 Å². The van der Waals surface area contributed by atoms with Crippen molar-refractivity contribution in [3.05, 3.63) is 46.8 Å². The number of nitrogens with zero attached hydrogens (tertiary/aromatic N) is 4. The van der Waals surface area contributed by atoms with Gasteiger partial charge in [-0.3, -0.25) is 25.0 Å². The zero-order chi connectivity index (χ0) is 19.8. The standard InChI is InChI=1S/C20H21N5O3/c1-11-15(27-3)10-14-16(17(11)28-4)23-20(25-9-8-22-18(14)25)24-19(26)13-6-5-7-21-12(13)2/h5-7,10H,8-9H2,1-4H3,(H,23,24,26). The van der Waals surface area contributed by atoms with Gasteiger partial charge >= 0.3 is 0 Å². The highest BCUT2D eigenvalue weighted by atomic mass is 16.5. The van der Waals surface area contributed by atoms with Crippen molar-refractivity contribution >= 4 is 23.4 Å². The molecule has 2 aromatic rings. The normalized spacial score (nSPS) is 14.6. The number of guanidine groups is 1. The van der Waals surface area contributed by atoms with Gasteiger partial charge in [-0.25, -0.2) is 4.99 Å². The number of carbonyl (C=O) groups excluding carboxylic acids is 1. The Morgan fingerprint density at radius 2 is 2.07 bits per heavy atom. The molecule has 1 amide bonds. The van der Waals surface area contributed by atoms with E-state index in [1.807, 2.05) is 17.9 Å². The first-order valence-electron chi connectivity index (χ1n) is 8.94. The highest BCUT2D eigenvalue weighted by Crippen LogP contribution is 2.43. The summed E-state index contributed by atoms with van der Waals surface area (Å²) >= 11 is 0. The maximum atomic E-state index is 12.8. The van der Waals surface area contributed by atoms with Gasteiger partial charge in [0.2, 0.25) is 5.96 Å². The number of rotatable bonds is 3. The van der Waals surface area contributed by atoms with Gasteiger partial charge in [0.1, 0.15) is 17.3 Å². The monoisotopic (exact) mass is 379 g/mol. The van der Waals surface area contributed by atoms with Gasteiger partial charge in [-0.1, -0.05) is 0 Å². The van der Waals surface area contributed by atoms with Crippen LogP contribution < -0.4 is 14.8 Å². The maximum absolute atomic E-state index is 12.8. The van der Waals surface area contributed by atoms with Gasteiger partial charge in [-0.15, -0.1) is 0 Å². The number of carbonyl (C=O) groups is 1. The molecule has 0 fully saturated rings. The fourth-order valence-corrected chi connectivity index (χ4v) is 3.50.